The normalized spacial score (nSPS) is 26.6. The van der Waals surface area contributed by atoms with Crippen LogP contribution < -0.4 is 11.2 Å². The number of hydrogen-bond acceptors (Lipinski definition) is 11. The Kier molecular flexibility index (Phi) is 8.36. The van der Waals surface area contributed by atoms with Crippen molar-refractivity contribution in [3.8, 4) is 0 Å². The van der Waals surface area contributed by atoms with Crippen molar-refractivity contribution in [3.05, 3.63) is 33.1 Å². The monoisotopic (exact) mass is 534 g/mol. The molecule has 204 valence electrons. The first-order valence-corrected chi connectivity index (χ1v) is 13.5. The number of nitrogens with zero attached hydrogens (tertiary/aromatic N) is 2. The number of ether oxygens (including phenoxy) is 4. The molecule has 0 bridgehead atoms. The SMILES string of the molecule is CCOP(=O)(C[C@@H](O)[C@H]1O[C@@H](n2ccc(=O)n(C(=O)OC(C)(C)C)c2=O)[C@@H]2OC(C)(C)O[C@@H]21)OCC. The molecule has 0 unspecified atom stereocenters. The molecule has 1 aromatic heterocycles. The molecule has 1 N–H and O–H groups in total. The molecule has 2 saturated heterocycles. The molecule has 0 spiro atoms. The highest BCUT2D eigenvalue weighted by Gasteiger charge is 2.58. The third kappa shape index (κ3) is 6.16. The molecule has 3 rings (SSSR count). The Morgan fingerprint density at radius 2 is 1.75 bits per heavy atom. The number of rotatable bonds is 8. The van der Waals surface area contributed by atoms with Gasteiger partial charge in [0.1, 0.15) is 23.9 Å². The first-order valence-electron chi connectivity index (χ1n) is 11.8. The highest BCUT2D eigenvalue weighted by atomic mass is 31.2. The van der Waals surface area contributed by atoms with E-state index in [0.29, 0.717) is 4.57 Å². The molecule has 1 aromatic rings. The maximum absolute atomic E-state index is 13.2. The number of aliphatic hydroxyl groups is 1. The summed E-state index contributed by atoms with van der Waals surface area (Å²) in [4.78, 5) is 38.2. The Morgan fingerprint density at radius 1 is 1.17 bits per heavy atom. The van der Waals surface area contributed by atoms with E-state index in [-0.39, 0.29) is 19.4 Å². The highest BCUT2D eigenvalue weighted by molar-refractivity contribution is 7.53. The van der Waals surface area contributed by atoms with Gasteiger partial charge in [0, 0.05) is 12.3 Å². The summed E-state index contributed by atoms with van der Waals surface area (Å²) in [6, 6.07) is 1.02. The van der Waals surface area contributed by atoms with E-state index < -0.39 is 67.0 Å². The minimum atomic E-state index is -3.65. The first kappa shape index (κ1) is 28.7. The zero-order valence-corrected chi connectivity index (χ0v) is 22.4. The van der Waals surface area contributed by atoms with E-state index in [1.54, 1.807) is 48.5 Å². The van der Waals surface area contributed by atoms with Gasteiger partial charge in [-0.2, -0.15) is 4.57 Å². The number of aromatic nitrogens is 2. The molecule has 2 aliphatic heterocycles. The van der Waals surface area contributed by atoms with Gasteiger partial charge in [0.15, 0.2) is 12.0 Å². The number of aliphatic hydroxyl groups excluding tert-OH is 1. The maximum atomic E-state index is 13.2. The van der Waals surface area contributed by atoms with E-state index in [1.807, 2.05) is 0 Å². The standard InChI is InChI=1S/C22H35N2O11P/c1-8-30-36(29,31-9-2)12-13(25)15-16-17(34-22(6,7)33-16)18(32-15)23-11-10-14(26)24(19(23)27)20(28)35-21(3,4)5/h10-11,13,15-18,25H,8-9,12H2,1-7H3/t13-,15-,16-,17-,18-/m1/s1. The predicted molar refractivity (Wildman–Crippen MR) is 126 cm³/mol. The lowest BCUT2D eigenvalue weighted by molar-refractivity contribution is -0.206. The summed E-state index contributed by atoms with van der Waals surface area (Å²) in [6.45, 7) is 11.6. The summed E-state index contributed by atoms with van der Waals surface area (Å²) in [6.07, 6.45) is -5.78. The third-order valence-electron chi connectivity index (χ3n) is 5.37. The van der Waals surface area contributed by atoms with Crippen LogP contribution in [-0.4, -0.2) is 75.5 Å². The molecule has 0 aromatic carbocycles. The van der Waals surface area contributed by atoms with Crippen LogP contribution >= 0.6 is 7.60 Å². The van der Waals surface area contributed by atoms with Crippen molar-refractivity contribution in [2.45, 2.75) is 90.5 Å². The fourth-order valence-corrected chi connectivity index (χ4v) is 5.91. The Morgan fingerprint density at radius 3 is 2.31 bits per heavy atom. The van der Waals surface area contributed by atoms with E-state index in [0.717, 1.165) is 10.6 Å². The molecular weight excluding hydrogens is 499 g/mol. The van der Waals surface area contributed by atoms with Crippen molar-refractivity contribution in [1.29, 1.82) is 0 Å². The van der Waals surface area contributed by atoms with E-state index >= 15 is 0 Å². The molecule has 0 aliphatic carbocycles. The van der Waals surface area contributed by atoms with Gasteiger partial charge in [-0.1, -0.05) is 0 Å². The van der Waals surface area contributed by atoms with Crippen LogP contribution in [0.4, 0.5) is 4.79 Å². The van der Waals surface area contributed by atoms with Crippen LogP contribution in [0.15, 0.2) is 21.9 Å². The maximum Gasteiger partial charge on any atom is 0.425 e. The van der Waals surface area contributed by atoms with Crippen LogP contribution in [0.5, 0.6) is 0 Å². The van der Waals surface area contributed by atoms with Gasteiger partial charge >= 0.3 is 19.4 Å². The molecule has 2 fully saturated rings. The predicted octanol–water partition coefficient (Wildman–Crippen LogP) is 1.84. The van der Waals surface area contributed by atoms with E-state index in [9.17, 15) is 24.1 Å². The summed E-state index contributed by atoms with van der Waals surface area (Å²) in [7, 11) is -3.65. The van der Waals surface area contributed by atoms with Crippen molar-refractivity contribution in [1.82, 2.24) is 9.13 Å². The van der Waals surface area contributed by atoms with E-state index in [1.165, 1.54) is 6.20 Å². The lowest BCUT2D eigenvalue weighted by atomic mass is 10.1. The summed E-state index contributed by atoms with van der Waals surface area (Å²) >= 11 is 0. The molecule has 0 radical (unpaired) electrons. The minimum Gasteiger partial charge on any atom is -0.443 e. The largest absolute Gasteiger partial charge is 0.443 e. The van der Waals surface area contributed by atoms with Gasteiger partial charge in [-0.3, -0.25) is 13.9 Å². The fraction of sp³-hybridized carbons (Fsp3) is 0.773. The molecule has 0 saturated carbocycles. The number of fused-ring (bicyclic) bond motifs is 1. The Bertz CT molecular complexity index is 1110. The van der Waals surface area contributed by atoms with Gasteiger partial charge in [0.2, 0.25) is 0 Å². The zero-order valence-electron chi connectivity index (χ0n) is 21.5. The lowest BCUT2D eigenvalue weighted by Crippen LogP contribution is -2.47. The molecule has 2 aliphatic rings. The number of hydrogen-bond donors (Lipinski definition) is 1. The molecule has 36 heavy (non-hydrogen) atoms. The quantitative estimate of drug-likeness (QED) is 0.486. The molecule has 3 heterocycles. The van der Waals surface area contributed by atoms with Crippen molar-refractivity contribution < 1.29 is 42.5 Å². The summed E-state index contributed by atoms with van der Waals surface area (Å²) in [5.41, 5.74) is -2.84. The Balaban J connectivity index is 1.97. The summed E-state index contributed by atoms with van der Waals surface area (Å²) < 4.78 is 48.0. The summed E-state index contributed by atoms with van der Waals surface area (Å²) in [5, 5.41) is 11.0. The van der Waals surface area contributed by atoms with E-state index in [2.05, 4.69) is 0 Å². The van der Waals surface area contributed by atoms with Crippen molar-refractivity contribution in [3.63, 3.8) is 0 Å². The van der Waals surface area contributed by atoms with Crippen LogP contribution in [0.2, 0.25) is 0 Å². The van der Waals surface area contributed by atoms with Gasteiger partial charge in [-0.15, -0.1) is 0 Å². The fourth-order valence-electron chi connectivity index (χ4n) is 4.17. The number of carbonyl (C=O) groups is 1. The zero-order chi connectivity index (χ0) is 27.1. The van der Waals surface area contributed by atoms with Crippen molar-refractivity contribution >= 4 is 13.7 Å². The van der Waals surface area contributed by atoms with Gasteiger partial charge < -0.3 is 33.1 Å². The summed E-state index contributed by atoms with van der Waals surface area (Å²) in [5.74, 6) is -1.10. The van der Waals surface area contributed by atoms with Crippen LogP contribution in [0.3, 0.4) is 0 Å². The highest BCUT2D eigenvalue weighted by Crippen LogP contribution is 2.51. The third-order valence-corrected chi connectivity index (χ3v) is 7.49. The average Bonchev–Trinajstić information content (AvgIpc) is 3.20. The van der Waals surface area contributed by atoms with Crippen molar-refractivity contribution in [2.75, 3.05) is 19.4 Å². The second-order valence-electron chi connectivity index (χ2n) is 9.91. The molecule has 13 nitrogen and oxygen atoms in total. The average molecular weight is 534 g/mol. The van der Waals surface area contributed by atoms with Gasteiger partial charge in [-0.25, -0.2) is 9.59 Å². The van der Waals surface area contributed by atoms with Crippen LogP contribution in [0.1, 0.15) is 54.7 Å². The van der Waals surface area contributed by atoms with Crippen LogP contribution in [0.25, 0.3) is 0 Å². The van der Waals surface area contributed by atoms with Crippen LogP contribution in [-0.2, 0) is 32.6 Å². The molecule has 0 amide bonds. The minimum absolute atomic E-state index is 0.110. The molecule has 5 atom stereocenters. The van der Waals surface area contributed by atoms with Gasteiger partial charge in [0.05, 0.1) is 25.5 Å². The van der Waals surface area contributed by atoms with Crippen LogP contribution in [0, 0.1) is 0 Å². The van der Waals surface area contributed by atoms with Gasteiger partial charge in [0.25, 0.3) is 5.56 Å². The van der Waals surface area contributed by atoms with Gasteiger partial charge in [-0.05, 0) is 48.5 Å². The van der Waals surface area contributed by atoms with Crippen molar-refractivity contribution in [2.24, 2.45) is 0 Å². The Hall–Kier alpha value is -1.86. The molecule has 14 heteroatoms. The molecular formula is C22H35N2O11P. The topological polar surface area (TPSA) is 154 Å². The Labute approximate surface area is 208 Å². The van der Waals surface area contributed by atoms with E-state index in [4.69, 9.17) is 28.0 Å². The second kappa shape index (κ2) is 10.5. The first-order chi connectivity index (χ1) is 16.6. The number of carbonyl (C=O) groups excluding carboxylic acids is 1. The second-order valence-corrected chi connectivity index (χ2v) is 12.0. The smallest absolute Gasteiger partial charge is 0.425 e. The lowest BCUT2D eigenvalue weighted by Gasteiger charge is -2.28.